The number of H-pyrrole nitrogens is 1. The van der Waals surface area contributed by atoms with Crippen LogP contribution in [0.25, 0.3) is 0 Å². The van der Waals surface area contributed by atoms with Gasteiger partial charge in [-0.25, -0.2) is 4.98 Å². The van der Waals surface area contributed by atoms with Crippen molar-refractivity contribution in [2.45, 2.75) is 11.3 Å². The molecule has 2 aromatic heterocycles. The van der Waals surface area contributed by atoms with Gasteiger partial charge in [0.1, 0.15) is 17.2 Å². The molecular weight excluding hydrogens is 244 g/mol. The van der Waals surface area contributed by atoms with Crippen LogP contribution in [0.15, 0.2) is 11.2 Å². The Labute approximate surface area is 101 Å². The highest BCUT2D eigenvalue weighted by atomic mass is 32.2. The third kappa shape index (κ3) is 2.45. The number of nitrogens with two attached hydrogens (primary N) is 1. The van der Waals surface area contributed by atoms with E-state index in [1.54, 1.807) is 11.8 Å². The number of aromatic amines is 1. The van der Waals surface area contributed by atoms with Gasteiger partial charge < -0.3 is 11.1 Å². The third-order valence-electron chi connectivity index (χ3n) is 1.99. The maximum absolute atomic E-state index is 5.73. The molecule has 0 bridgehead atoms. The fraction of sp³-hybridized carbons (Fsp3) is 0.375. The second-order valence-corrected chi connectivity index (χ2v) is 4.63. The number of rotatable bonds is 5. The molecule has 0 fully saturated rings. The van der Waals surface area contributed by atoms with Crippen LogP contribution in [-0.4, -0.2) is 32.4 Å². The SMILES string of the molecule is CSc1c(N)nsc1NCCc1ncn[nH]1. The summed E-state index contributed by atoms with van der Waals surface area (Å²) in [6.45, 7) is 0.782. The largest absolute Gasteiger partial charge is 0.382 e. The molecular formula is C8H12N6S2. The Morgan fingerprint density at radius 3 is 3.19 bits per heavy atom. The number of nitrogen functional groups attached to an aromatic ring is 1. The van der Waals surface area contributed by atoms with Crippen molar-refractivity contribution >= 4 is 34.1 Å². The van der Waals surface area contributed by atoms with Gasteiger partial charge in [0, 0.05) is 13.0 Å². The number of thioether (sulfide) groups is 1. The van der Waals surface area contributed by atoms with Crippen molar-refractivity contribution in [1.82, 2.24) is 19.6 Å². The lowest BCUT2D eigenvalue weighted by Gasteiger charge is -2.03. The molecule has 86 valence electrons. The Morgan fingerprint density at radius 1 is 1.62 bits per heavy atom. The van der Waals surface area contributed by atoms with E-state index in [2.05, 4.69) is 24.9 Å². The van der Waals surface area contributed by atoms with E-state index in [1.807, 2.05) is 6.26 Å². The molecule has 4 N–H and O–H groups in total. The lowest BCUT2D eigenvalue weighted by molar-refractivity contribution is 0.901. The Balaban J connectivity index is 1.89. The molecule has 0 atom stereocenters. The Bertz CT molecular complexity index is 437. The summed E-state index contributed by atoms with van der Waals surface area (Å²) in [6, 6.07) is 0. The predicted octanol–water partition coefficient (Wildman–Crippen LogP) is 1.22. The number of anilines is 2. The molecule has 0 aromatic carbocycles. The van der Waals surface area contributed by atoms with Gasteiger partial charge in [-0.3, -0.25) is 5.10 Å². The molecule has 0 aliphatic rings. The van der Waals surface area contributed by atoms with E-state index in [0.717, 1.165) is 28.7 Å². The minimum Gasteiger partial charge on any atom is -0.382 e. The Morgan fingerprint density at radius 2 is 2.50 bits per heavy atom. The Hall–Kier alpha value is -1.28. The van der Waals surface area contributed by atoms with Gasteiger partial charge in [0.05, 0.1) is 4.90 Å². The number of hydrogen-bond donors (Lipinski definition) is 3. The van der Waals surface area contributed by atoms with Gasteiger partial charge in [-0.15, -0.1) is 11.8 Å². The molecule has 8 heteroatoms. The number of nitrogens with zero attached hydrogens (tertiary/aromatic N) is 3. The lowest BCUT2D eigenvalue weighted by Crippen LogP contribution is -2.05. The molecule has 0 amide bonds. The first kappa shape index (κ1) is 11.2. The summed E-state index contributed by atoms with van der Waals surface area (Å²) in [5, 5.41) is 10.9. The highest BCUT2D eigenvalue weighted by Gasteiger charge is 2.09. The highest BCUT2D eigenvalue weighted by Crippen LogP contribution is 2.34. The molecule has 2 heterocycles. The number of nitrogens with one attached hydrogen (secondary N) is 2. The number of hydrogen-bond acceptors (Lipinski definition) is 7. The summed E-state index contributed by atoms with van der Waals surface area (Å²) in [5.74, 6) is 1.47. The molecule has 0 saturated heterocycles. The van der Waals surface area contributed by atoms with E-state index < -0.39 is 0 Å². The van der Waals surface area contributed by atoms with Crippen molar-refractivity contribution in [3.05, 3.63) is 12.2 Å². The van der Waals surface area contributed by atoms with Gasteiger partial charge in [-0.05, 0) is 17.8 Å². The summed E-state index contributed by atoms with van der Waals surface area (Å²) in [6.07, 6.45) is 4.29. The quantitative estimate of drug-likeness (QED) is 0.697. The van der Waals surface area contributed by atoms with Gasteiger partial charge in [0.25, 0.3) is 0 Å². The minimum absolute atomic E-state index is 0.597. The summed E-state index contributed by atoms with van der Waals surface area (Å²) in [5.41, 5.74) is 5.73. The van der Waals surface area contributed by atoms with E-state index in [0.29, 0.717) is 5.82 Å². The molecule has 2 rings (SSSR count). The smallest absolute Gasteiger partial charge is 0.153 e. The van der Waals surface area contributed by atoms with Crippen LogP contribution >= 0.6 is 23.3 Å². The van der Waals surface area contributed by atoms with Crippen molar-refractivity contribution < 1.29 is 0 Å². The lowest BCUT2D eigenvalue weighted by atomic mass is 10.4. The van der Waals surface area contributed by atoms with Crippen molar-refractivity contribution in [3.8, 4) is 0 Å². The van der Waals surface area contributed by atoms with Gasteiger partial charge in [-0.2, -0.15) is 9.47 Å². The second kappa shape index (κ2) is 5.17. The van der Waals surface area contributed by atoms with E-state index in [9.17, 15) is 0 Å². The zero-order valence-electron chi connectivity index (χ0n) is 8.73. The van der Waals surface area contributed by atoms with Crippen LogP contribution < -0.4 is 11.1 Å². The molecule has 0 aliphatic heterocycles. The highest BCUT2D eigenvalue weighted by molar-refractivity contribution is 7.99. The van der Waals surface area contributed by atoms with E-state index >= 15 is 0 Å². The zero-order chi connectivity index (χ0) is 11.4. The zero-order valence-corrected chi connectivity index (χ0v) is 10.4. The second-order valence-electron chi connectivity index (χ2n) is 3.04. The summed E-state index contributed by atoms with van der Waals surface area (Å²) < 4.78 is 4.10. The van der Waals surface area contributed by atoms with Gasteiger partial charge >= 0.3 is 0 Å². The molecule has 0 saturated carbocycles. The van der Waals surface area contributed by atoms with Crippen molar-refractivity contribution in [1.29, 1.82) is 0 Å². The molecule has 0 unspecified atom stereocenters. The first-order chi connectivity index (χ1) is 7.81. The summed E-state index contributed by atoms with van der Waals surface area (Å²) in [4.78, 5) is 5.06. The maximum Gasteiger partial charge on any atom is 0.153 e. The minimum atomic E-state index is 0.597. The standard InChI is InChI=1S/C8H12N6S2/c1-15-6-7(9)14-16-8(6)10-3-2-5-11-4-12-13-5/h4,10H,2-3H2,1H3,(H2,9,14)(H,11,12,13). The molecule has 0 spiro atoms. The first-order valence-electron chi connectivity index (χ1n) is 4.68. The van der Waals surface area contributed by atoms with Crippen LogP contribution in [0, 0.1) is 0 Å². The predicted molar refractivity (Wildman–Crippen MR) is 66.9 cm³/mol. The summed E-state index contributed by atoms with van der Waals surface area (Å²) in [7, 11) is 0. The van der Waals surface area contributed by atoms with E-state index in [4.69, 9.17) is 5.73 Å². The fourth-order valence-electron chi connectivity index (χ4n) is 1.25. The normalized spacial score (nSPS) is 10.6. The molecule has 16 heavy (non-hydrogen) atoms. The van der Waals surface area contributed by atoms with Gasteiger partial charge in [-0.1, -0.05) is 0 Å². The average Bonchev–Trinajstić information content (AvgIpc) is 2.89. The van der Waals surface area contributed by atoms with Crippen LogP contribution in [0.2, 0.25) is 0 Å². The van der Waals surface area contributed by atoms with Gasteiger partial charge in [0.15, 0.2) is 5.82 Å². The molecule has 6 nitrogen and oxygen atoms in total. The van der Waals surface area contributed by atoms with E-state index in [1.165, 1.54) is 17.9 Å². The monoisotopic (exact) mass is 256 g/mol. The number of aromatic nitrogens is 4. The van der Waals surface area contributed by atoms with Crippen LogP contribution in [0.1, 0.15) is 5.82 Å². The first-order valence-corrected chi connectivity index (χ1v) is 6.68. The van der Waals surface area contributed by atoms with Crippen molar-refractivity contribution in [2.24, 2.45) is 0 Å². The topological polar surface area (TPSA) is 92.5 Å². The van der Waals surface area contributed by atoms with Crippen LogP contribution in [0.4, 0.5) is 10.8 Å². The molecule has 0 aliphatic carbocycles. The van der Waals surface area contributed by atoms with Crippen molar-refractivity contribution in [3.63, 3.8) is 0 Å². The van der Waals surface area contributed by atoms with Crippen molar-refractivity contribution in [2.75, 3.05) is 23.9 Å². The molecule has 2 aromatic rings. The van der Waals surface area contributed by atoms with Crippen LogP contribution in [0.3, 0.4) is 0 Å². The average molecular weight is 256 g/mol. The maximum atomic E-state index is 5.73. The summed E-state index contributed by atoms with van der Waals surface area (Å²) >= 11 is 2.99. The van der Waals surface area contributed by atoms with Crippen LogP contribution in [0.5, 0.6) is 0 Å². The van der Waals surface area contributed by atoms with Crippen LogP contribution in [-0.2, 0) is 6.42 Å². The Kier molecular flexibility index (Phi) is 3.62. The fourth-order valence-corrected chi connectivity index (χ4v) is 2.82. The van der Waals surface area contributed by atoms with E-state index in [-0.39, 0.29) is 0 Å². The third-order valence-corrected chi connectivity index (χ3v) is 3.76. The molecule has 0 radical (unpaired) electrons. The van der Waals surface area contributed by atoms with Gasteiger partial charge in [0.2, 0.25) is 0 Å².